The second kappa shape index (κ2) is 7.70. The van der Waals surface area contributed by atoms with Crippen LogP contribution in [0.4, 0.5) is 11.4 Å². The lowest BCUT2D eigenvalue weighted by atomic mass is 10.1. The molecule has 134 valence electrons. The first-order chi connectivity index (χ1) is 12.2. The lowest BCUT2D eigenvalue weighted by Gasteiger charge is -2.07. The number of ketones is 1. The van der Waals surface area contributed by atoms with Crippen molar-refractivity contribution in [3.8, 4) is 0 Å². The van der Waals surface area contributed by atoms with Crippen molar-refractivity contribution in [1.82, 2.24) is 0 Å². The van der Waals surface area contributed by atoms with Gasteiger partial charge in [-0.2, -0.15) is 0 Å². The van der Waals surface area contributed by atoms with Gasteiger partial charge in [-0.1, -0.05) is 11.6 Å². The Balaban J connectivity index is 2.23. The van der Waals surface area contributed by atoms with Crippen molar-refractivity contribution in [2.75, 3.05) is 6.61 Å². The summed E-state index contributed by atoms with van der Waals surface area (Å²) >= 11 is 5.72. The number of ether oxygens (including phenoxy) is 1. The van der Waals surface area contributed by atoms with Crippen LogP contribution in [0.15, 0.2) is 36.4 Å². The van der Waals surface area contributed by atoms with E-state index in [0.717, 1.165) is 12.1 Å². The van der Waals surface area contributed by atoms with Crippen LogP contribution in [-0.4, -0.2) is 28.2 Å². The zero-order valence-corrected chi connectivity index (χ0v) is 14.1. The van der Waals surface area contributed by atoms with Crippen LogP contribution in [0.5, 0.6) is 0 Å². The Bertz CT molecular complexity index is 910. The smallest absolute Gasteiger partial charge is 0.339 e. The molecule has 0 heterocycles. The molecule has 2 aromatic rings. The maximum Gasteiger partial charge on any atom is 0.339 e. The normalized spacial score (nSPS) is 10.2. The SMILES string of the molecule is Cc1c(C(=O)OCC(=O)c2ccc(Cl)cc2)cc([N+](=O)[O-])cc1[N+](=O)[O-]. The van der Waals surface area contributed by atoms with Crippen molar-refractivity contribution < 1.29 is 24.2 Å². The van der Waals surface area contributed by atoms with Crippen molar-refractivity contribution in [2.45, 2.75) is 6.92 Å². The number of Topliss-reactive ketones (excluding diaryl/α,β-unsaturated/α-hetero) is 1. The molecule has 10 heteroatoms. The van der Waals surface area contributed by atoms with E-state index in [9.17, 15) is 29.8 Å². The minimum Gasteiger partial charge on any atom is -0.454 e. The van der Waals surface area contributed by atoms with Gasteiger partial charge in [0.15, 0.2) is 12.4 Å². The average Bonchev–Trinajstić information content (AvgIpc) is 2.59. The largest absolute Gasteiger partial charge is 0.454 e. The Morgan fingerprint density at radius 3 is 2.23 bits per heavy atom. The molecule has 0 saturated carbocycles. The van der Waals surface area contributed by atoms with Crippen LogP contribution in [0.2, 0.25) is 5.02 Å². The maximum absolute atomic E-state index is 12.2. The summed E-state index contributed by atoms with van der Waals surface area (Å²) in [7, 11) is 0. The summed E-state index contributed by atoms with van der Waals surface area (Å²) < 4.78 is 4.86. The van der Waals surface area contributed by atoms with Gasteiger partial charge in [0.2, 0.25) is 0 Å². The standard InChI is InChI=1S/C16H11ClN2O7/c1-9-13(6-12(18(22)23)7-14(9)19(24)25)16(21)26-8-15(20)10-2-4-11(17)5-3-10/h2-7H,8H2,1H3. The third kappa shape index (κ3) is 4.19. The van der Waals surface area contributed by atoms with E-state index in [-0.39, 0.29) is 16.7 Å². The van der Waals surface area contributed by atoms with Gasteiger partial charge in [0.1, 0.15) is 0 Å². The number of nitro benzene ring substituents is 2. The van der Waals surface area contributed by atoms with E-state index in [1.54, 1.807) is 0 Å². The first-order valence-electron chi connectivity index (χ1n) is 7.10. The van der Waals surface area contributed by atoms with E-state index in [4.69, 9.17) is 16.3 Å². The van der Waals surface area contributed by atoms with Crippen LogP contribution in [0.25, 0.3) is 0 Å². The molecule has 0 fully saturated rings. The van der Waals surface area contributed by atoms with Gasteiger partial charge in [-0.25, -0.2) is 4.79 Å². The number of non-ortho nitro benzene ring substituents is 1. The van der Waals surface area contributed by atoms with Crippen molar-refractivity contribution in [3.05, 3.63) is 78.3 Å². The lowest BCUT2D eigenvalue weighted by molar-refractivity contribution is -0.394. The highest BCUT2D eigenvalue weighted by molar-refractivity contribution is 6.30. The highest BCUT2D eigenvalue weighted by atomic mass is 35.5. The van der Waals surface area contributed by atoms with Gasteiger partial charge in [-0.3, -0.25) is 25.0 Å². The molecule has 0 amide bonds. The molecule has 0 unspecified atom stereocenters. The van der Waals surface area contributed by atoms with Crippen LogP contribution in [0, 0.1) is 27.2 Å². The zero-order chi connectivity index (χ0) is 19.4. The fourth-order valence-corrected chi connectivity index (χ4v) is 2.25. The van der Waals surface area contributed by atoms with Crippen LogP contribution >= 0.6 is 11.6 Å². The minimum atomic E-state index is -1.07. The van der Waals surface area contributed by atoms with Gasteiger partial charge in [-0.15, -0.1) is 0 Å². The van der Waals surface area contributed by atoms with Crippen LogP contribution in [0.3, 0.4) is 0 Å². The topological polar surface area (TPSA) is 130 Å². The number of benzene rings is 2. The van der Waals surface area contributed by atoms with Crippen LogP contribution < -0.4 is 0 Å². The summed E-state index contributed by atoms with van der Waals surface area (Å²) in [6, 6.07) is 7.50. The number of carbonyl (C=O) groups is 2. The van der Waals surface area contributed by atoms with E-state index in [2.05, 4.69) is 0 Å². The first kappa shape index (κ1) is 19.0. The Hall–Kier alpha value is -3.33. The van der Waals surface area contributed by atoms with Gasteiger partial charge >= 0.3 is 5.97 Å². The number of esters is 1. The number of hydrogen-bond donors (Lipinski definition) is 0. The number of nitrogens with zero attached hydrogens (tertiary/aromatic N) is 2. The molecule has 0 atom stereocenters. The second-order valence-electron chi connectivity index (χ2n) is 5.16. The fraction of sp³-hybridized carbons (Fsp3) is 0.125. The molecule has 0 aliphatic heterocycles. The lowest BCUT2D eigenvalue weighted by Crippen LogP contribution is -2.15. The highest BCUT2D eigenvalue weighted by Crippen LogP contribution is 2.28. The maximum atomic E-state index is 12.2. The number of halogens is 1. The Kier molecular flexibility index (Phi) is 5.63. The van der Waals surface area contributed by atoms with E-state index in [1.807, 2.05) is 0 Å². The summed E-state index contributed by atoms with van der Waals surface area (Å²) in [6.45, 7) is 0.635. The quantitative estimate of drug-likeness (QED) is 0.325. The summed E-state index contributed by atoms with van der Waals surface area (Å²) in [5.74, 6) is -1.59. The van der Waals surface area contributed by atoms with E-state index in [0.29, 0.717) is 5.02 Å². The monoisotopic (exact) mass is 378 g/mol. The number of nitro groups is 2. The van der Waals surface area contributed by atoms with E-state index in [1.165, 1.54) is 31.2 Å². The zero-order valence-electron chi connectivity index (χ0n) is 13.3. The fourth-order valence-electron chi connectivity index (χ4n) is 2.12. The highest BCUT2D eigenvalue weighted by Gasteiger charge is 2.26. The van der Waals surface area contributed by atoms with E-state index >= 15 is 0 Å². The van der Waals surface area contributed by atoms with Gasteiger partial charge < -0.3 is 4.74 Å². The van der Waals surface area contributed by atoms with Crippen molar-refractivity contribution >= 4 is 34.7 Å². The third-order valence-corrected chi connectivity index (χ3v) is 3.74. The van der Waals surface area contributed by atoms with Gasteiger partial charge in [-0.05, 0) is 31.2 Å². The van der Waals surface area contributed by atoms with Crippen molar-refractivity contribution in [3.63, 3.8) is 0 Å². The second-order valence-corrected chi connectivity index (χ2v) is 5.59. The molecule has 0 aromatic heterocycles. The molecule has 26 heavy (non-hydrogen) atoms. The summed E-state index contributed by atoms with van der Waals surface area (Å²) in [5.41, 5.74) is -1.41. The molecular formula is C16H11ClN2O7. The minimum absolute atomic E-state index is 0.0930. The van der Waals surface area contributed by atoms with Crippen molar-refractivity contribution in [2.24, 2.45) is 0 Å². The molecule has 9 nitrogen and oxygen atoms in total. The predicted octanol–water partition coefficient (Wildman–Crippen LogP) is 3.50. The summed E-state index contributed by atoms with van der Waals surface area (Å²) in [4.78, 5) is 44.4. The molecule has 2 rings (SSSR count). The van der Waals surface area contributed by atoms with Crippen molar-refractivity contribution in [1.29, 1.82) is 0 Å². The Morgan fingerprint density at radius 1 is 1.08 bits per heavy atom. The molecule has 0 aliphatic carbocycles. The van der Waals surface area contributed by atoms with Crippen LogP contribution in [-0.2, 0) is 4.74 Å². The predicted molar refractivity (Wildman–Crippen MR) is 90.6 cm³/mol. The first-order valence-corrected chi connectivity index (χ1v) is 7.48. The summed E-state index contributed by atoms with van der Waals surface area (Å²) in [6.07, 6.45) is 0. The van der Waals surface area contributed by atoms with Gasteiger partial charge in [0.05, 0.1) is 21.5 Å². The molecule has 0 N–H and O–H groups in total. The number of hydrogen-bond acceptors (Lipinski definition) is 7. The Morgan fingerprint density at radius 2 is 1.69 bits per heavy atom. The molecule has 2 aromatic carbocycles. The molecular weight excluding hydrogens is 368 g/mol. The molecule has 0 saturated heterocycles. The average molecular weight is 379 g/mol. The summed E-state index contributed by atoms with van der Waals surface area (Å²) in [5, 5.41) is 22.4. The molecule has 0 spiro atoms. The van der Waals surface area contributed by atoms with Gasteiger partial charge in [0.25, 0.3) is 11.4 Å². The Labute approximate surface area is 151 Å². The molecule has 0 aliphatic rings. The number of rotatable bonds is 6. The third-order valence-electron chi connectivity index (χ3n) is 3.49. The number of carbonyl (C=O) groups excluding carboxylic acids is 2. The van der Waals surface area contributed by atoms with E-state index < -0.39 is 39.6 Å². The van der Waals surface area contributed by atoms with Crippen LogP contribution in [0.1, 0.15) is 26.3 Å². The van der Waals surface area contributed by atoms with Gasteiger partial charge in [0, 0.05) is 22.2 Å². The molecule has 0 radical (unpaired) electrons. The molecule has 0 bridgehead atoms.